The number of halogens is 1. The number of fused-ring (bicyclic) bond motifs is 1. The number of nitrogens with one attached hydrogen (secondary N) is 1. The van der Waals surface area contributed by atoms with E-state index in [9.17, 15) is 18.8 Å². The molecule has 0 aromatic heterocycles. The van der Waals surface area contributed by atoms with Gasteiger partial charge < -0.3 is 29.5 Å². The van der Waals surface area contributed by atoms with Gasteiger partial charge in [0.1, 0.15) is 12.4 Å². The summed E-state index contributed by atoms with van der Waals surface area (Å²) in [6, 6.07) is 27.9. The monoisotopic (exact) mass is 594 g/mol. The van der Waals surface area contributed by atoms with Crippen LogP contribution in [0.5, 0.6) is 11.5 Å². The van der Waals surface area contributed by atoms with Crippen molar-refractivity contribution in [2.24, 2.45) is 0 Å². The van der Waals surface area contributed by atoms with E-state index in [0.717, 1.165) is 11.3 Å². The van der Waals surface area contributed by atoms with Crippen LogP contribution in [-0.4, -0.2) is 67.0 Å². The lowest BCUT2D eigenvalue weighted by Crippen LogP contribution is -2.49. The highest BCUT2D eigenvalue weighted by Gasteiger charge is 2.25. The summed E-state index contributed by atoms with van der Waals surface area (Å²) >= 11 is 0. The molecule has 224 valence electrons. The minimum absolute atomic E-state index is 0.0842. The molecule has 0 spiro atoms. The molecule has 1 fully saturated rings. The first-order valence-electron chi connectivity index (χ1n) is 14.4. The topological polar surface area (TPSA) is 91.4 Å². The van der Waals surface area contributed by atoms with Crippen molar-refractivity contribution >= 4 is 29.1 Å². The first-order valence-corrected chi connectivity index (χ1v) is 14.4. The van der Waals surface area contributed by atoms with Crippen LogP contribution in [0.25, 0.3) is 0 Å². The highest BCUT2D eigenvalue weighted by molar-refractivity contribution is 6.00. The van der Waals surface area contributed by atoms with Gasteiger partial charge in [-0.15, -0.1) is 0 Å². The third-order valence-corrected chi connectivity index (χ3v) is 7.64. The maximum Gasteiger partial charge on any atom is 0.256 e. The van der Waals surface area contributed by atoms with Gasteiger partial charge in [-0.1, -0.05) is 42.5 Å². The second-order valence-corrected chi connectivity index (χ2v) is 10.6. The van der Waals surface area contributed by atoms with Crippen molar-refractivity contribution in [3.8, 4) is 11.5 Å². The van der Waals surface area contributed by atoms with E-state index >= 15 is 0 Å². The molecule has 2 aliphatic heterocycles. The van der Waals surface area contributed by atoms with E-state index in [1.807, 2.05) is 54.6 Å². The maximum atomic E-state index is 14.1. The molecule has 44 heavy (non-hydrogen) atoms. The Morgan fingerprint density at radius 1 is 0.795 bits per heavy atom. The molecule has 2 heterocycles. The van der Waals surface area contributed by atoms with Gasteiger partial charge in [-0.3, -0.25) is 14.4 Å². The second kappa shape index (κ2) is 12.9. The zero-order valence-corrected chi connectivity index (χ0v) is 23.9. The summed E-state index contributed by atoms with van der Waals surface area (Å²) in [5, 5.41) is 2.90. The summed E-state index contributed by atoms with van der Waals surface area (Å²) in [7, 11) is 0. The van der Waals surface area contributed by atoms with Crippen LogP contribution in [0, 0.1) is 5.82 Å². The number of carbonyl (C=O) groups is 3. The highest BCUT2D eigenvalue weighted by atomic mass is 19.1. The Labute approximate surface area is 254 Å². The average Bonchev–Trinajstić information content (AvgIpc) is 3.53. The molecule has 0 atom stereocenters. The number of anilines is 2. The molecule has 4 aromatic carbocycles. The van der Waals surface area contributed by atoms with E-state index in [-0.39, 0.29) is 43.2 Å². The molecule has 2 aliphatic rings. The first-order chi connectivity index (χ1) is 21.4. The molecule has 3 amide bonds. The smallest absolute Gasteiger partial charge is 0.256 e. The van der Waals surface area contributed by atoms with Gasteiger partial charge in [0.2, 0.25) is 12.7 Å². The van der Waals surface area contributed by atoms with Crippen molar-refractivity contribution in [3.05, 3.63) is 120 Å². The Morgan fingerprint density at radius 2 is 1.50 bits per heavy atom. The van der Waals surface area contributed by atoms with E-state index in [4.69, 9.17) is 9.47 Å². The van der Waals surface area contributed by atoms with E-state index < -0.39 is 5.82 Å². The van der Waals surface area contributed by atoms with E-state index in [2.05, 4.69) is 10.2 Å². The Kier molecular flexibility index (Phi) is 8.40. The van der Waals surface area contributed by atoms with Crippen LogP contribution in [0.1, 0.15) is 26.3 Å². The fourth-order valence-electron chi connectivity index (χ4n) is 5.32. The lowest BCUT2D eigenvalue weighted by atomic mass is 10.1. The molecule has 1 N–H and O–H groups in total. The zero-order chi connectivity index (χ0) is 30.5. The van der Waals surface area contributed by atoms with Crippen molar-refractivity contribution in [2.75, 3.05) is 49.7 Å². The van der Waals surface area contributed by atoms with Crippen LogP contribution in [-0.2, 0) is 11.3 Å². The molecule has 1 saturated heterocycles. The van der Waals surface area contributed by atoms with Crippen molar-refractivity contribution in [1.29, 1.82) is 0 Å². The lowest BCUT2D eigenvalue weighted by molar-refractivity contribution is -0.117. The van der Waals surface area contributed by atoms with Gasteiger partial charge >= 0.3 is 0 Å². The Balaban J connectivity index is 1.07. The third-order valence-electron chi connectivity index (χ3n) is 7.64. The van der Waals surface area contributed by atoms with Crippen molar-refractivity contribution < 1.29 is 28.2 Å². The number of nitrogens with zero attached hydrogens (tertiary/aromatic N) is 3. The summed E-state index contributed by atoms with van der Waals surface area (Å²) in [6.45, 7) is 2.35. The lowest BCUT2D eigenvalue weighted by Gasteiger charge is -2.36. The molecular formula is C34H31FN4O5. The largest absolute Gasteiger partial charge is 0.454 e. The van der Waals surface area contributed by atoms with E-state index in [1.54, 1.807) is 35.2 Å². The first kappa shape index (κ1) is 28.7. The molecule has 9 nitrogen and oxygen atoms in total. The van der Waals surface area contributed by atoms with Gasteiger partial charge in [0.25, 0.3) is 11.8 Å². The summed E-state index contributed by atoms with van der Waals surface area (Å²) in [6.07, 6.45) is 0. The van der Waals surface area contributed by atoms with Gasteiger partial charge in [-0.05, 0) is 60.2 Å². The number of hydrogen-bond acceptors (Lipinski definition) is 6. The van der Waals surface area contributed by atoms with Crippen LogP contribution in [0.15, 0.2) is 97.1 Å². The second-order valence-electron chi connectivity index (χ2n) is 10.6. The van der Waals surface area contributed by atoms with Gasteiger partial charge in [-0.2, -0.15) is 0 Å². The van der Waals surface area contributed by atoms with E-state index in [0.29, 0.717) is 48.9 Å². The summed E-state index contributed by atoms with van der Waals surface area (Å²) in [5.74, 6) is -0.376. The summed E-state index contributed by atoms with van der Waals surface area (Å²) in [5.41, 5.74) is 2.93. The number of carbonyl (C=O) groups excluding carboxylic acids is 3. The number of ether oxygens (including phenoxy) is 2. The molecule has 4 aromatic rings. The normalized spacial score (nSPS) is 13.8. The number of hydrogen-bond donors (Lipinski definition) is 1. The Hall–Kier alpha value is -5.38. The molecule has 6 rings (SSSR count). The van der Waals surface area contributed by atoms with Gasteiger partial charge in [0.15, 0.2) is 11.5 Å². The van der Waals surface area contributed by atoms with Crippen LogP contribution < -0.4 is 19.7 Å². The van der Waals surface area contributed by atoms with Gasteiger partial charge in [0.05, 0.1) is 5.56 Å². The minimum atomic E-state index is -0.516. The molecule has 0 radical (unpaired) electrons. The predicted octanol–water partition coefficient (Wildman–Crippen LogP) is 4.80. The average molecular weight is 595 g/mol. The summed E-state index contributed by atoms with van der Waals surface area (Å²) < 4.78 is 24.9. The molecular weight excluding hydrogens is 563 g/mol. The van der Waals surface area contributed by atoms with Crippen LogP contribution in [0.3, 0.4) is 0 Å². The molecule has 0 bridgehead atoms. The van der Waals surface area contributed by atoms with Gasteiger partial charge in [0, 0.05) is 49.7 Å². The summed E-state index contributed by atoms with van der Waals surface area (Å²) in [4.78, 5) is 44.7. The van der Waals surface area contributed by atoms with Crippen molar-refractivity contribution in [1.82, 2.24) is 9.80 Å². The molecule has 0 saturated carbocycles. The number of piperazine rings is 1. The highest BCUT2D eigenvalue weighted by Crippen LogP contribution is 2.33. The number of rotatable bonds is 8. The third kappa shape index (κ3) is 6.49. The number of benzene rings is 4. The quantitative estimate of drug-likeness (QED) is 0.315. The minimum Gasteiger partial charge on any atom is -0.454 e. The van der Waals surface area contributed by atoms with Crippen molar-refractivity contribution in [2.45, 2.75) is 6.54 Å². The molecule has 0 aliphatic carbocycles. The van der Waals surface area contributed by atoms with Crippen LogP contribution >= 0.6 is 0 Å². The molecule has 0 unspecified atom stereocenters. The Morgan fingerprint density at radius 3 is 2.25 bits per heavy atom. The van der Waals surface area contributed by atoms with E-state index in [1.165, 1.54) is 17.0 Å². The SMILES string of the molecule is O=C(CN(Cc1ccccc1)C(=O)c1ccc2c(c1)OCO2)Nc1ccc(N2CCN(C(=O)c3ccccc3F)CC2)cc1. The van der Waals surface area contributed by atoms with Crippen LogP contribution in [0.4, 0.5) is 15.8 Å². The fourth-order valence-corrected chi connectivity index (χ4v) is 5.32. The standard InChI is InChI=1S/C34H31FN4O5/c35-29-9-5-4-8-28(29)34(42)38-18-16-37(17-19-38)27-13-11-26(12-14-27)36-32(40)22-39(21-24-6-2-1-3-7-24)33(41)25-10-15-30-31(20-25)44-23-43-30/h1-15,20H,16-19,21-23H2,(H,36,40). The zero-order valence-electron chi connectivity index (χ0n) is 23.9. The maximum absolute atomic E-state index is 14.1. The number of amides is 3. The Bertz CT molecular complexity index is 1660. The van der Waals surface area contributed by atoms with Gasteiger partial charge in [-0.25, -0.2) is 4.39 Å². The fraction of sp³-hybridized carbons (Fsp3) is 0.206. The van der Waals surface area contributed by atoms with Crippen molar-refractivity contribution in [3.63, 3.8) is 0 Å². The predicted molar refractivity (Wildman–Crippen MR) is 163 cm³/mol. The molecule has 10 heteroatoms. The van der Waals surface area contributed by atoms with Crippen LogP contribution in [0.2, 0.25) is 0 Å².